The number of hydrogen-bond acceptors (Lipinski definition) is 1. The molecule has 3 aromatic rings. The summed E-state index contributed by atoms with van der Waals surface area (Å²) >= 11 is 12.7. The van der Waals surface area contributed by atoms with Gasteiger partial charge in [0.2, 0.25) is 0 Å². The van der Waals surface area contributed by atoms with Crippen LogP contribution in [-0.2, 0) is 0 Å². The number of benzene rings is 2. The number of aryl methyl sites for hydroxylation is 1. The maximum atomic E-state index is 6.52. The van der Waals surface area contributed by atoms with E-state index in [1.165, 1.54) is 0 Å². The van der Waals surface area contributed by atoms with Gasteiger partial charge in [0.1, 0.15) is 0 Å². The molecule has 0 fully saturated rings. The fourth-order valence-electron chi connectivity index (χ4n) is 2.33. The maximum absolute atomic E-state index is 6.52. The van der Waals surface area contributed by atoms with E-state index in [4.69, 9.17) is 28.2 Å². The highest BCUT2D eigenvalue weighted by Gasteiger charge is 2.13. The molecule has 0 atom stereocenters. The van der Waals surface area contributed by atoms with E-state index in [2.05, 4.69) is 0 Å². The standard InChI is InChI=1S/C17H13Cl2N/c1-10-8-13-15(9-14(10)18)20-17(11(2)16(13)19)12-6-4-3-5-7-12/h3-9H,1-2H3. The summed E-state index contributed by atoms with van der Waals surface area (Å²) in [5.74, 6) is 0. The van der Waals surface area contributed by atoms with Crippen molar-refractivity contribution < 1.29 is 0 Å². The first-order valence-corrected chi connectivity index (χ1v) is 7.15. The van der Waals surface area contributed by atoms with Crippen LogP contribution in [0.2, 0.25) is 10.0 Å². The van der Waals surface area contributed by atoms with Crippen molar-refractivity contribution in [1.82, 2.24) is 4.98 Å². The van der Waals surface area contributed by atoms with Crippen LogP contribution in [0.5, 0.6) is 0 Å². The monoisotopic (exact) mass is 301 g/mol. The molecule has 0 saturated carbocycles. The minimum Gasteiger partial charge on any atom is -0.247 e. The third-order valence-corrected chi connectivity index (χ3v) is 4.37. The van der Waals surface area contributed by atoms with Gasteiger partial charge in [-0.3, -0.25) is 0 Å². The van der Waals surface area contributed by atoms with E-state index in [9.17, 15) is 0 Å². The minimum absolute atomic E-state index is 0.712. The van der Waals surface area contributed by atoms with Crippen LogP contribution >= 0.6 is 23.2 Å². The lowest BCUT2D eigenvalue weighted by Gasteiger charge is -2.11. The van der Waals surface area contributed by atoms with Gasteiger partial charge in [0.05, 0.1) is 16.2 Å². The molecule has 0 aliphatic carbocycles. The van der Waals surface area contributed by atoms with Gasteiger partial charge in [-0.25, -0.2) is 4.98 Å². The molecule has 20 heavy (non-hydrogen) atoms. The normalized spacial score (nSPS) is 11.0. The highest BCUT2D eigenvalue weighted by atomic mass is 35.5. The molecule has 0 N–H and O–H groups in total. The summed E-state index contributed by atoms with van der Waals surface area (Å²) in [4.78, 5) is 4.74. The van der Waals surface area contributed by atoms with Crippen LogP contribution in [0.3, 0.4) is 0 Å². The quantitative estimate of drug-likeness (QED) is 0.551. The van der Waals surface area contributed by atoms with Crippen molar-refractivity contribution in [3.63, 3.8) is 0 Å². The van der Waals surface area contributed by atoms with Crippen LogP contribution in [0.4, 0.5) is 0 Å². The summed E-state index contributed by atoms with van der Waals surface area (Å²) in [7, 11) is 0. The molecule has 3 heteroatoms. The van der Waals surface area contributed by atoms with Gasteiger partial charge in [-0.05, 0) is 37.1 Å². The number of hydrogen-bond donors (Lipinski definition) is 0. The third kappa shape index (κ3) is 2.17. The zero-order valence-electron chi connectivity index (χ0n) is 11.2. The Hall–Kier alpha value is -1.57. The Bertz CT molecular complexity index is 795. The molecule has 0 aliphatic rings. The van der Waals surface area contributed by atoms with E-state index < -0.39 is 0 Å². The summed E-state index contributed by atoms with van der Waals surface area (Å²) in [6.45, 7) is 3.97. The van der Waals surface area contributed by atoms with Crippen LogP contribution in [0.15, 0.2) is 42.5 Å². The van der Waals surface area contributed by atoms with Gasteiger partial charge < -0.3 is 0 Å². The van der Waals surface area contributed by atoms with Gasteiger partial charge in [-0.15, -0.1) is 0 Å². The average Bonchev–Trinajstić information content (AvgIpc) is 2.46. The summed E-state index contributed by atoms with van der Waals surface area (Å²) in [6, 6.07) is 13.9. The lowest BCUT2D eigenvalue weighted by molar-refractivity contribution is 1.32. The highest BCUT2D eigenvalue weighted by Crippen LogP contribution is 2.34. The Labute approximate surface area is 128 Å². The number of rotatable bonds is 1. The van der Waals surface area contributed by atoms with Crippen molar-refractivity contribution in [2.45, 2.75) is 13.8 Å². The van der Waals surface area contributed by atoms with Gasteiger partial charge in [0.25, 0.3) is 0 Å². The summed E-state index contributed by atoms with van der Waals surface area (Å²) < 4.78 is 0. The lowest BCUT2D eigenvalue weighted by atomic mass is 10.0. The van der Waals surface area contributed by atoms with Crippen LogP contribution in [0.1, 0.15) is 11.1 Å². The molecule has 0 aliphatic heterocycles. The van der Waals surface area contributed by atoms with Gasteiger partial charge in [0.15, 0.2) is 0 Å². The zero-order chi connectivity index (χ0) is 14.3. The number of fused-ring (bicyclic) bond motifs is 1. The molecule has 2 aromatic carbocycles. The van der Waals surface area contributed by atoms with E-state index in [1.807, 2.05) is 56.3 Å². The Balaban J connectivity index is 2.36. The van der Waals surface area contributed by atoms with Gasteiger partial charge >= 0.3 is 0 Å². The second-order valence-electron chi connectivity index (χ2n) is 4.88. The van der Waals surface area contributed by atoms with E-state index >= 15 is 0 Å². The van der Waals surface area contributed by atoms with Crippen LogP contribution in [-0.4, -0.2) is 4.98 Å². The molecule has 0 radical (unpaired) electrons. The second kappa shape index (κ2) is 5.08. The highest BCUT2D eigenvalue weighted by molar-refractivity contribution is 6.37. The molecule has 1 aromatic heterocycles. The predicted octanol–water partition coefficient (Wildman–Crippen LogP) is 5.83. The lowest BCUT2D eigenvalue weighted by Crippen LogP contribution is -1.93. The Morgan fingerprint density at radius 3 is 2.35 bits per heavy atom. The molecule has 0 unspecified atom stereocenters. The Morgan fingerprint density at radius 1 is 0.950 bits per heavy atom. The zero-order valence-corrected chi connectivity index (χ0v) is 12.8. The number of aromatic nitrogens is 1. The van der Waals surface area contributed by atoms with E-state index in [1.54, 1.807) is 0 Å². The molecule has 100 valence electrons. The van der Waals surface area contributed by atoms with Gasteiger partial charge in [0, 0.05) is 16.0 Å². The molecular formula is C17H13Cl2N. The van der Waals surface area contributed by atoms with Crippen LogP contribution < -0.4 is 0 Å². The number of nitrogens with zero attached hydrogens (tertiary/aromatic N) is 1. The number of pyridine rings is 1. The summed E-state index contributed by atoms with van der Waals surface area (Å²) in [5, 5.41) is 2.41. The number of halogens is 2. The molecule has 1 nitrogen and oxygen atoms in total. The molecule has 0 bridgehead atoms. The van der Waals surface area contributed by atoms with Crippen molar-refractivity contribution in [1.29, 1.82) is 0 Å². The molecule has 0 saturated heterocycles. The van der Waals surface area contributed by atoms with Crippen LogP contribution in [0, 0.1) is 13.8 Å². The smallest absolute Gasteiger partial charge is 0.0753 e. The maximum Gasteiger partial charge on any atom is 0.0753 e. The molecular weight excluding hydrogens is 289 g/mol. The first-order valence-electron chi connectivity index (χ1n) is 6.39. The Kier molecular flexibility index (Phi) is 3.41. The van der Waals surface area contributed by atoms with E-state index in [-0.39, 0.29) is 0 Å². The van der Waals surface area contributed by atoms with Crippen LogP contribution in [0.25, 0.3) is 22.2 Å². The average molecular weight is 302 g/mol. The molecule has 0 amide bonds. The van der Waals surface area contributed by atoms with Crippen molar-refractivity contribution in [2.75, 3.05) is 0 Å². The predicted molar refractivity (Wildman–Crippen MR) is 86.7 cm³/mol. The fraction of sp³-hybridized carbons (Fsp3) is 0.118. The SMILES string of the molecule is Cc1cc2c(Cl)c(C)c(-c3ccccc3)nc2cc1Cl. The van der Waals surface area contributed by atoms with Crippen molar-refractivity contribution in [3.05, 3.63) is 63.6 Å². The molecule has 1 heterocycles. The first-order chi connectivity index (χ1) is 9.58. The van der Waals surface area contributed by atoms with Crippen molar-refractivity contribution in [3.8, 4) is 11.3 Å². The van der Waals surface area contributed by atoms with E-state index in [0.29, 0.717) is 5.02 Å². The molecule has 0 spiro atoms. The topological polar surface area (TPSA) is 12.9 Å². The fourth-order valence-corrected chi connectivity index (χ4v) is 2.73. The van der Waals surface area contributed by atoms with Crippen molar-refractivity contribution in [2.24, 2.45) is 0 Å². The summed E-state index contributed by atoms with van der Waals surface area (Å²) in [6.07, 6.45) is 0. The third-order valence-electron chi connectivity index (χ3n) is 3.48. The summed E-state index contributed by atoms with van der Waals surface area (Å²) in [5.41, 5.74) is 4.80. The molecule has 3 rings (SSSR count). The van der Waals surface area contributed by atoms with Crippen molar-refractivity contribution >= 4 is 34.1 Å². The Morgan fingerprint density at radius 2 is 1.65 bits per heavy atom. The second-order valence-corrected chi connectivity index (χ2v) is 5.67. The van der Waals surface area contributed by atoms with E-state index in [0.717, 1.165) is 38.3 Å². The van der Waals surface area contributed by atoms with Gasteiger partial charge in [-0.2, -0.15) is 0 Å². The van der Waals surface area contributed by atoms with Gasteiger partial charge in [-0.1, -0.05) is 53.5 Å². The minimum atomic E-state index is 0.712. The first kappa shape index (κ1) is 13.4. The largest absolute Gasteiger partial charge is 0.247 e.